The van der Waals surface area contributed by atoms with E-state index >= 15 is 0 Å². The third-order valence-electron chi connectivity index (χ3n) is 5.79. The molecule has 4 N–H and O–H groups in total. The first-order valence-corrected chi connectivity index (χ1v) is 10.9. The molecule has 162 valence electrons. The number of amides is 2. The van der Waals surface area contributed by atoms with Crippen molar-refractivity contribution in [3.05, 3.63) is 51.3 Å². The molecule has 0 spiro atoms. The fraction of sp³-hybridized carbons (Fsp3) is 0.318. The first-order chi connectivity index (χ1) is 14.8. The number of carboxylic acid groups (broad SMARTS) is 1. The number of aromatic nitrogens is 1. The summed E-state index contributed by atoms with van der Waals surface area (Å²) in [7, 11) is 0. The number of aryl methyl sites for hydroxylation is 1. The minimum Gasteiger partial charge on any atom is -0.477 e. The van der Waals surface area contributed by atoms with Crippen molar-refractivity contribution in [2.45, 2.75) is 32.4 Å². The number of nitrogens with two attached hydrogens (primary N) is 1. The highest BCUT2D eigenvalue weighted by Crippen LogP contribution is 2.37. The molecule has 0 radical (unpaired) electrons. The van der Waals surface area contributed by atoms with Gasteiger partial charge in [0.05, 0.1) is 18.2 Å². The summed E-state index contributed by atoms with van der Waals surface area (Å²) in [6, 6.07) is 7.08. The molecule has 9 heteroatoms. The molecule has 31 heavy (non-hydrogen) atoms. The van der Waals surface area contributed by atoms with Crippen LogP contribution in [0.2, 0.25) is 0 Å². The zero-order chi connectivity index (χ0) is 22.3. The van der Waals surface area contributed by atoms with Crippen molar-refractivity contribution >= 4 is 51.1 Å². The van der Waals surface area contributed by atoms with Gasteiger partial charge >= 0.3 is 5.97 Å². The van der Waals surface area contributed by atoms with E-state index in [0.717, 1.165) is 36.0 Å². The van der Waals surface area contributed by atoms with E-state index in [1.54, 1.807) is 23.6 Å². The van der Waals surface area contributed by atoms with Gasteiger partial charge in [-0.3, -0.25) is 14.5 Å². The Morgan fingerprint density at radius 1 is 1.29 bits per heavy atom. The number of nitrogens with zero attached hydrogens (tertiary/aromatic N) is 2. The van der Waals surface area contributed by atoms with Gasteiger partial charge in [-0.15, -0.1) is 0 Å². The zero-order valence-corrected chi connectivity index (χ0v) is 18.6. The second kappa shape index (κ2) is 8.32. The van der Waals surface area contributed by atoms with E-state index in [1.165, 1.54) is 0 Å². The Morgan fingerprint density at radius 3 is 2.65 bits per heavy atom. The average Bonchev–Trinajstić information content (AvgIpc) is 3.40. The van der Waals surface area contributed by atoms with Crippen molar-refractivity contribution < 1.29 is 19.5 Å². The Kier molecular flexibility index (Phi) is 5.72. The third-order valence-corrected chi connectivity index (χ3v) is 6.28. The maximum Gasteiger partial charge on any atom is 0.352 e. The molecule has 8 nitrogen and oxygen atoms in total. The topological polar surface area (TPSA) is 118 Å². The van der Waals surface area contributed by atoms with Gasteiger partial charge in [0.15, 0.2) is 0 Å². The molecule has 2 aromatic rings. The lowest BCUT2D eigenvalue weighted by atomic mass is 10.0. The summed E-state index contributed by atoms with van der Waals surface area (Å²) < 4.78 is 2.47. The van der Waals surface area contributed by atoms with Crippen LogP contribution in [0.1, 0.15) is 52.7 Å². The van der Waals surface area contributed by atoms with Gasteiger partial charge in [-0.2, -0.15) is 0 Å². The molecule has 1 unspecified atom stereocenters. The number of anilines is 1. The number of carboxylic acids is 1. The molecule has 1 fully saturated rings. The minimum absolute atomic E-state index is 0.0150. The molecule has 2 aliphatic heterocycles. The molecule has 0 bridgehead atoms. The number of benzene rings is 1. The van der Waals surface area contributed by atoms with E-state index in [1.807, 2.05) is 18.2 Å². The van der Waals surface area contributed by atoms with Crippen LogP contribution in [0.3, 0.4) is 0 Å². The Morgan fingerprint density at radius 2 is 2.00 bits per heavy atom. The van der Waals surface area contributed by atoms with E-state index in [0.29, 0.717) is 22.5 Å². The van der Waals surface area contributed by atoms with Gasteiger partial charge in [-0.1, -0.05) is 15.9 Å². The van der Waals surface area contributed by atoms with Crippen LogP contribution in [0.15, 0.2) is 28.7 Å². The minimum atomic E-state index is -1.10. The Labute approximate surface area is 187 Å². The molecule has 1 aromatic heterocycles. The lowest BCUT2D eigenvalue weighted by molar-refractivity contribution is -0.120. The van der Waals surface area contributed by atoms with Gasteiger partial charge in [-0.05, 0) is 55.7 Å². The number of carbonyl (C=O) groups excluding carboxylic acids is 2. The van der Waals surface area contributed by atoms with Gasteiger partial charge in [0.25, 0.3) is 5.91 Å². The number of nitrogens with one attached hydrogen (secondary N) is 1. The quantitative estimate of drug-likeness (QED) is 0.541. The van der Waals surface area contributed by atoms with E-state index in [2.05, 4.69) is 26.1 Å². The summed E-state index contributed by atoms with van der Waals surface area (Å²) in [6.45, 7) is 3.30. The van der Waals surface area contributed by atoms with Gasteiger partial charge in [0, 0.05) is 34.5 Å². The normalized spacial score (nSPS) is 18.3. The Bertz CT molecular complexity index is 1110. The zero-order valence-electron chi connectivity index (χ0n) is 17.0. The van der Waals surface area contributed by atoms with Crippen molar-refractivity contribution in [1.29, 1.82) is 0 Å². The molecule has 3 heterocycles. The van der Waals surface area contributed by atoms with Crippen LogP contribution in [0.4, 0.5) is 5.69 Å². The summed E-state index contributed by atoms with van der Waals surface area (Å²) in [6.07, 6.45) is 3.10. The molecule has 2 amide bonds. The maximum absolute atomic E-state index is 12.7. The Balaban J connectivity index is 1.90. The molecular formula is C22H23BrN4O4. The molecule has 0 aliphatic carbocycles. The van der Waals surface area contributed by atoms with Crippen LogP contribution in [0.5, 0.6) is 0 Å². The smallest absolute Gasteiger partial charge is 0.352 e. The van der Waals surface area contributed by atoms with Crippen LogP contribution in [-0.4, -0.2) is 45.4 Å². The predicted molar refractivity (Wildman–Crippen MR) is 120 cm³/mol. The van der Waals surface area contributed by atoms with Gasteiger partial charge in [0.2, 0.25) is 5.91 Å². The number of primary amides is 1. The van der Waals surface area contributed by atoms with Crippen LogP contribution in [0.25, 0.3) is 11.6 Å². The summed E-state index contributed by atoms with van der Waals surface area (Å²) in [4.78, 5) is 38.8. The molecule has 1 aromatic carbocycles. The first-order valence-electron chi connectivity index (χ1n) is 10.1. The van der Waals surface area contributed by atoms with Crippen molar-refractivity contribution in [3.8, 4) is 0 Å². The molecule has 0 saturated carbocycles. The van der Waals surface area contributed by atoms with Gasteiger partial charge < -0.3 is 20.7 Å². The van der Waals surface area contributed by atoms with Crippen molar-refractivity contribution in [2.75, 3.05) is 18.4 Å². The Hall–Kier alpha value is -2.91. The average molecular weight is 487 g/mol. The lowest BCUT2D eigenvalue weighted by Gasteiger charge is -2.30. The summed E-state index contributed by atoms with van der Waals surface area (Å²) >= 11 is 3.44. The van der Waals surface area contributed by atoms with E-state index in [-0.39, 0.29) is 18.0 Å². The monoisotopic (exact) mass is 486 g/mol. The van der Waals surface area contributed by atoms with Crippen LogP contribution < -0.4 is 11.1 Å². The van der Waals surface area contributed by atoms with E-state index < -0.39 is 18.0 Å². The molecule has 1 atom stereocenters. The number of aromatic carboxylic acids is 1. The number of hydrogen-bond acceptors (Lipinski definition) is 4. The molecule has 2 aliphatic rings. The number of likely N-dealkylation sites (tertiary alicyclic amines) is 1. The number of halogens is 1. The second-order valence-electron chi connectivity index (χ2n) is 7.87. The van der Waals surface area contributed by atoms with Crippen LogP contribution >= 0.6 is 15.9 Å². The van der Waals surface area contributed by atoms with E-state index in [4.69, 9.17) is 5.73 Å². The molecule has 1 saturated heterocycles. The summed E-state index contributed by atoms with van der Waals surface area (Å²) in [5, 5.41) is 12.7. The number of rotatable bonds is 6. The second-order valence-corrected chi connectivity index (χ2v) is 8.78. The number of fused-ring (bicyclic) bond motifs is 1. The fourth-order valence-electron chi connectivity index (χ4n) is 4.38. The predicted octanol–water partition coefficient (Wildman–Crippen LogP) is 3.22. The van der Waals surface area contributed by atoms with Crippen molar-refractivity contribution in [3.63, 3.8) is 0 Å². The third kappa shape index (κ3) is 4.03. The summed E-state index contributed by atoms with van der Waals surface area (Å²) in [5.41, 5.74) is 8.75. The largest absolute Gasteiger partial charge is 0.477 e. The van der Waals surface area contributed by atoms with Crippen molar-refractivity contribution in [1.82, 2.24) is 9.47 Å². The van der Waals surface area contributed by atoms with Crippen LogP contribution in [0, 0.1) is 6.92 Å². The highest BCUT2D eigenvalue weighted by atomic mass is 79.9. The molecule has 4 rings (SSSR count). The van der Waals surface area contributed by atoms with Gasteiger partial charge in [-0.25, -0.2) is 4.79 Å². The number of carbonyl (C=O) groups is 3. The number of hydrogen-bond donors (Lipinski definition) is 3. The maximum atomic E-state index is 12.7. The van der Waals surface area contributed by atoms with Crippen LogP contribution in [-0.2, 0) is 9.59 Å². The van der Waals surface area contributed by atoms with Gasteiger partial charge in [0.1, 0.15) is 5.69 Å². The molecular weight excluding hydrogens is 464 g/mol. The van der Waals surface area contributed by atoms with Crippen molar-refractivity contribution in [2.24, 2.45) is 5.73 Å². The lowest BCUT2D eigenvalue weighted by Crippen LogP contribution is -2.35. The standard InChI is InChI=1S/C22H23BrN4O4/c1-12-8-18(22(30)31)27(20(11-19(24)28)26-6-2-3-7-26)17(12)10-15-14-9-13(23)4-5-16(14)25-21(15)29/h4-5,8-10,20H,2-3,6-7,11H2,1H3,(H2,24,28)(H,25,29)(H,30,31). The highest BCUT2D eigenvalue weighted by Gasteiger charge is 2.32. The first kappa shape index (κ1) is 21.3. The SMILES string of the molecule is Cc1cc(C(=O)O)n(C(CC(N)=O)N2CCCC2)c1C=C1C(=O)Nc2ccc(Br)cc21. The fourth-order valence-corrected chi connectivity index (χ4v) is 4.74. The highest BCUT2D eigenvalue weighted by molar-refractivity contribution is 9.10. The van der Waals surface area contributed by atoms with E-state index in [9.17, 15) is 19.5 Å². The summed E-state index contributed by atoms with van der Waals surface area (Å²) in [5.74, 6) is -1.86.